The Morgan fingerprint density at radius 3 is 2.41 bits per heavy atom. The van der Waals surface area contributed by atoms with E-state index in [1.54, 1.807) is 43.5 Å². The normalized spacial score (nSPS) is 11.5. The number of nitrogens with one attached hydrogen (secondary N) is 1. The van der Waals surface area contributed by atoms with E-state index in [-0.39, 0.29) is 0 Å². The predicted octanol–water partition coefficient (Wildman–Crippen LogP) is 1.04. The summed E-state index contributed by atoms with van der Waals surface area (Å²) in [6, 6.07) is 11.9. The first-order valence-electron chi connectivity index (χ1n) is 6.27. The van der Waals surface area contributed by atoms with Gasteiger partial charge in [-0.25, -0.2) is 5.14 Å². The van der Waals surface area contributed by atoms with E-state index in [1.165, 1.54) is 4.80 Å². The van der Waals surface area contributed by atoms with E-state index in [9.17, 15) is 8.42 Å². The van der Waals surface area contributed by atoms with Crippen molar-refractivity contribution < 1.29 is 13.2 Å². The molecule has 0 saturated heterocycles. The van der Waals surface area contributed by atoms with Crippen LogP contribution in [0.4, 0.5) is 5.69 Å². The van der Waals surface area contributed by atoms with Crippen LogP contribution in [0.1, 0.15) is 0 Å². The Hall–Kier alpha value is -2.65. The van der Waals surface area contributed by atoms with Crippen LogP contribution in [0.25, 0.3) is 16.7 Å². The molecule has 0 amide bonds. The van der Waals surface area contributed by atoms with Gasteiger partial charge in [-0.05, 0) is 36.4 Å². The van der Waals surface area contributed by atoms with Crippen molar-refractivity contribution in [2.45, 2.75) is 0 Å². The molecule has 0 fully saturated rings. The molecule has 0 bridgehead atoms. The summed E-state index contributed by atoms with van der Waals surface area (Å²) in [5.41, 5.74) is 2.48. The highest BCUT2D eigenvalue weighted by molar-refractivity contribution is 7.90. The third-order valence-electron chi connectivity index (χ3n) is 2.95. The minimum Gasteiger partial charge on any atom is -0.497 e. The molecule has 1 heterocycles. The van der Waals surface area contributed by atoms with Crippen LogP contribution in [-0.4, -0.2) is 30.5 Å². The van der Waals surface area contributed by atoms with Crippen molar-refractivity contribution in [3.8, 4) is 11.4 Å². The summed E-state index contributed by atoms with van der Waals surface area (Å²) in [6.07, 6.45) is 0. The molecular formula is C13H13N5O3S. The number of rotatable bonds is 4. The molecule has 1 aromatic heterocycles. The fraction of sp³-hybridized carbons (Fsp3) is 0.0769. The van der Waals surface area contributed by atoms with Gasteiger partial charge >= 0.3 is 0 Å². The molecule has 3 rings (SSSR count). The molecule has 0 unspecified atom stereocenters. The highest BCUT2D eigenvalue weighted by Crippen LogP contribution is 2.19. The van der Waals surface area contributed by atoms with Crippen molar-refractivity contribution >= 4 is 26.9 Å². The topological polar surface area (TPSA) is 112 Å². The van der Waals surface area contributed by atoms with Gasteiger partial charge in [0, 0.05) is 11.8 Å². The molecule has 0 aliphatic carbocycles. The van der Waals surface area contributed by atoms with Gasteiger partial charge in [0.2, 0.25) is 0 Å². The Labute approximate surface area is 126 Å². The number of aromatic nitrogens is 3. The minimum absolute atomic E-state index is 0.365. The van der Waals surface area contributed by atoms with Crippen molar-refractivity contribution in [2.75, 3.05) is 11.8 Å². The molecule has 0 aliphatic heterocycles. The molecule has 0 atom stereocenters. The second kappa shape index (κ2) is 5.28. The van der Waals surface area contributed by atoms with Crippen molar-refractivity contribution in [2.24, 2.45) is 5.14 Å². The van der Waals surface area contributed by atoms with Gasteiger partial charge < -0.3 is 4.74 Å². The highest BCUT2D eigenvalue weighted by atomic mass is 32.2. The maximum atomic E-state index is 11.0. The lowest BCUT2D eigenvalue weighted by Crippen LogP contribution is -2.21. The number of hydrogen-bond donors (Lipinski definition) is 2. The van der Waals surface area contributed by atoms with E-state index in [0.29, 0.717) is 22.6 Å². The Kier molecular flexibility index (Phi) is 3.43. The first-order chi connectivity index (χ1) is 10.4. The van der Waals surface area contributed by atoms with Gasteiger partial charge in [0.1, 0.15) is 16.8 Å². The fourth-order valence-electron chi connectivity index (χ4n) is 1.96. The highest BCUT2D eigenvalue weighted by Gasteiger charge is 2.07. The first kappa shape index (κ1) is 14.3. The van der Waals surface area contributed by atoms with Crippen LogP contribution in [0.2, 0.25) is 0 Å². The van der Waals surface area contributed by atoms with E-state index < -0.39 is 10.2 Å². The van der Waals surface area contributed by atoms with Gasteiger partial charge in [-0.1, -0.05) is 0 Å². The Morgan fingerprint density at radius 2 is 1.77 bits per heavy atom. The maximum Gasteiger partial charge on any atom is 0.296 e. The van der Waals surface area contributed by atoms with Crippen molar-refractivity contribution in [3.05, 3.63) is 42.5 Å². The number of fused-ring (bicyclic) bond motifs is 1. The van der Waals surface area contributed by atoms with Gasteiger partial charge in [-0.3, -0.25) is 4.72 Å². The molecule has 22 heavy (non-hydrogen) atoms. The van der Waals surface area contributed by atoms with Gasteiger partial charge in [-0.15, -0.1) is 10.2 Å². The van der Waals surface area contributed by atoms with E-state index >= 15 is 0 Å². The smallest absolute Gasteiger partial charge is 0.296 e. The number of hydrogen-bond acceptors (Lipinski definition) is 5. The van der Waals surface area contributed by atoms with Crippen LogP contribution in [-0.2, 0) is 10.2 Å². The number of nitrogens with two attached hydrogens (primary N) is 1. The largest absolute Gasteiger partial charge is 0.497 e. The summed E-state index contributed by atoms with van der Waals surface area (Å²) in [5.74, 6) is 0.701. The number of methoxy groups -OCH3 is 1. The minimum atomic E-state index is -3.78. The molecule has 0 radical (unpaired) electrons. The fourth-order valence-corrected chi connectivity index (χ4v) is 2.43. The molecule has 3 aromatic rings. The lowest BCUT2D eigenvalue weighted by Gasteiger charge is -2.04. The SMILES string of the molecule is COc1ccc2nn(-c3ccc(NS(N)(=O)=O)cc3)nc2c1. The van der Waals surface area contributed by atoms with Crippen LogP contribution in [0.15, 0.2) is 42.5 Å². The van der Waals surface area contributed by atoms with E-state index in [0.717, 1.165) is 5.52 Å². The van der Waals surface area contributed by atoms with Crippen molar-refractivity contribution in [1.29, 1.82) is 0 Å². The van der Waals surface area contributed by atoms with Crippen LogP contribution in [0.5, 0.6) is 5.75 Å². The number of ether oxygens (including phenoxy) is 1. The lowest BCUT2D eigenvalue weighted by atomic mass is 10.3. The molecular weight excluding hydrogens is 306 g/mol. The molecule has 114 valence electrons. The third kappa shape index (κ3) is 3.00. The van der Waals surface area contributed by atoms with Crippen LogP contribution >= 0.6 is 0 Å². The standard InChI is InChI=1S/C13H13N5O3S/c1-21-11-6-7-12-13(8-11)16-18(15-12)10-4-2-9(3-5-10)17-22(14,19)20/h2-8,17H,1H3,(H2,14,19,20). The van der Waals surface area contributed by atoms with Crippen LogP contribution in [0, 0.1) is 0 Å². The number of anilines is 1. The molecule has 0 aliphatic rings. The van der Waals surface area contributed by atoms with Crippen molar-refractivity contribution in [1.82, 2.24) is 15.0 Å². The average Bonchev–Trinajstić information content (AvgIpc) is 2.89. The summed E-state index contributed by atoms with van der Waals surface area (Å²) in [4.78, 5) is 1.46. The second-order valence-electron chi connectivity index (χ2n) is 4.54. The molecule has 0 spiro atoms. The average molecular weight is 319 g/mol. The predicted molar refractivity (Wildman–Crippen MR) is 82.1 cm³/mol. The van der Waals surface area contributed by atoms with Gasteiger partial charge in [0.25, 0.3) is 10.2 Å². The lowest BCUT2D eigenvalue weighted by molar-refractivity contribution is 0.415. The summed E-state index contributed by atoms with van der Waals surface area (Å²) in [6.45, 7) is 0. The third-order valence-corrected chi connectivity index (χ3v) is 3.47. The maximum absolute atomic E-state index is 11.0. The van der Waals surface area contributed by atoms with Gasteiger partial charge in [0.15, 0.2) is 0 Å². The Balaban J connectivity index is 1.93. The van der Waals surface area contributed by atoms with E-state index in [1.807, 2.05) is 6.07 Å². The summed E-state index contributed by atoms with van der Waals surface area (Å²) >= 11 is 0. The molecule has 0 saturated carbocycles. The number of benzene rings is 2. The summed E-state index contributed by atoms with van der Waals surface area (Å²) in [7, 11) is -2.20. The monoisotopic (exact) mass is 319 g/mol. The van der Waals surface area contributed by atoms with Crippen LogP contribution in [0.3, 0.4) is 0 Å². The quantitative estimate of drug-likeness (QED) is 0.746. The van der Waals surface area contributed by atoms with Crippen molar-refractivity contribution in [3.63, 3.8) is 0 Å². The molecule has 2 aromatic carbocycles. The van der Waals surface area contributed by atoms with Gasteiger partial charge in [-0.2, -0.15) is 13.2 Å². The summed E-state index contributed by atoms with van der Waals surface area (Å²) < 4.78 is 29.2. The Morgan fingerprint density at radius 1 is 1.09 bits per heavy atom. The number of nitrogens with zero attached hydrogens (tertiary/aromatic N) is 3. The zero-order valence-corrected chi connectivity index (χ0v) is 12.4. The Bertz CT molecular complexity index is 919. The molecule has 3 N–H and O–H groups in total. The zero-order valence-electron chi connectivity index (χ0n) is 11.6. The second-order valence-corrected chi connectivity index (χ2v) is 5.83. The van der Waals surface area contributed by atoms with Gasteiger partial charge in [0.05, 0.1) is 12.8 Å². The first-order valence-corrected chi connectivity index (χ1v) is 7.81. The zero-order chi connectivity index (χ0) is 15.7. The van der Waals surface area contributed by atoms with E-state index in [2.05, 4.69) is 14.9 Å². The van der Waals surface area contributed by atoms with E-state index in [4.69, 9.17) is 9.88 Å². The summed E-state index contributed by atoms with van der Waals surface area (Å²) in [5, 5.41) is 13.6. The molecule has 8 nitrogen and oxygen atoms in total. The molecule has 9 heteroatoms. The van der Waals surface area contributed by atoms with Crippen LogP contribution < -0.4 is 14.6 Å².